The summed E-state index contributed by atoms with van der Waals surface area (Å²) in [7, 11) is 1.36. The second-order valence-electron chi connectivity index (χ2n) is 4.21. The summed E-state index contributed by atoms with van der Waals surface area (Å²) >= 11 is 1.37. The van der Waals surface area contributed by atoms with Crippen LogP contribution in [0.25, 0.3) is 0 Å². The number of methoxy groups -OCH3 is 1. The molecule has 0 saturated heterocycles. The van der Waals surface area contributed by atoms with E-state index in [9.17, 15) is 9.59 Å². The molecule has 92 valence electrons. The molecule has 0 bridgehead atoms. The van der Waals surface area contributed by atoms with Gasteiger partial charge >= 0.3 is 5.97 Å². The quantitative estimate of drug-likeness (QED) is 0.838. The van der Waals surface area contributed by atoms with Crippen molar-refractivity contribution in [2.45, 2.75) is 31.2 Å². The molecule has 1 amide bonds. The third-order valence-corrected chi connectivity index (χ3v) is 4.00. The average molecular weight is 253 g/mol. The van der Waals surface area contributed by atoms with Crippen molar-refractivity contribution in [3.05, 3.63) is 22.4 Å². The molecule has 0 atom stereocenters. The summed E-state index contributed by atoms with van der Waals surface area (Å²) < 4.78 is 4.81. The predicted molar refractivity (Wildman–Crippen MR) is 65.0 cm³/mol. The number of rotatable bonds is 3. The van der Waals surface area contributed by atoms with E-state index in [1.165, 1.54) is 18.4 Å². The van der Waals surface area contributed by atoms with Gasteiger partial charge in [0, 0.05) is 0 Å². The fourth-order valence-corrected chi connectivity index (χ4v) is 2.86. The summed E-state index contributed by atoms with van der Waals surface area (Å²) in [4.78, 5) is 24.4. The Labute approximate surface area is 104 Å². The molecule has 1 aliphatic carbocycles. The van der Waals surface area contributed by atoms with Crippen LogP contribution in [-0.2, 0) is 9.53 Å². The van der Waals surface area contributed by atoms with E-state index in [4.69, 9.17) is 4.74 Å². The van der Waals surface area contributed by atoms with Crippen molar-refractivity contribution in [1.29, 1.82) is 0 Å². The van der Waals surface area contributed by atoms with Gasteiger partial charge in [-0.3, -0.25) is 4.79 Å². The minimum Gasteiger partial charge on any atom is -0.467 e. The zero-order valence-corrected chi connectivity index (χ0v) is 10.5. The first kappa shape index (κ1) is 12.1. The fourth-order valence-electron chi connectivity index (χ4n) is 2.24. The number of hydrogen-bond donors (Lipinski definition) is 1. The van der Waals surface area contributed by atoms with Crippen LogP contribution in [0.1, 0.15) is 35.4 Å². The van der Waals surface area contributed by atoms with Crippen molar-refractivity contribution >= 4 is 23.2 Å². The summed E-state index contributed by atoms with van der Waals surface area (Å²) in [5.74, 6) is -0.521. The van der Waals surface area contributed by atoms with Gasteiger partial charge in [0.15, 0.2) is 0 Å². The fraction of sp³-hybridized carbons (Fsp3) is 0.500. The Hall–Kier alpha value is -1.36. The molecule has 1 aromatic rings. The molecule has 1 aromatic heterocycles. The third-order valence-electron chi connectivity index (χ3n) is 3.13. The Bertz CT molecular complexity index is 407. The Morgan fingerprint density at radius 1 is 1.41 bits per heavy atom. The molecular formula is C12H15NO3S. The van der Waals surface area contributed by atoms with Gasteiger partial charge in [0.1, 0.15) is 5.54 Å². The molecular weight excluding hydrogens is 238 g/mol. The summed E-state index contributed by atoms with van der Waals surface area (Å²) in [6, 6.07) is 3.57. The summed E-state index contributed by atoms with van der Waals surface area (Å²) in [5, 5.41) is 4.68. The summed E-state index contributed by atoms with van der Waals surface area (Å²) in [5.41, 5.74) is -0.810. The Morgan fingerprint density at radius 2 is 2.12 bits per heavy atom. The maximum atomic E-state index is 12.0. The van der Waals surface area contributed by atoms with Gasteiger partial charge in [-0.2, -0.15) is 0 Å². The van der Waals surface area contributed by atoms with Crippen LogP contribution in [0.3, 0.4) is 0 Å². The third kappa shape index (κ3) is 2.34. The van der Waals surface area contributed by atoms with Gasteiger partial charge in [0.05, 0.1) is 12.0 Å². The molecule has 0 unspecified atom stereocenters. The van der Waals surface area contributed by atoms with E-state index in [0.717, 1.165) is 12.8 Å². The van der Waals surface area contributed by atoms with Crippen LogP contribution in [0.4, 0.5) is 0 Å². The molecule has 1 N–H and O–H groups in total. The van der Waals surface area contributed by atoms with E-state index in [1.54, 1.807) is 6.07 Å². The first-order valence-electron chi connectivity index (χ1n) is 5.62. The normalized spacial score (nSPS) is 17.7. The molecule has 4 nitrogen and oxygen atoms in total. The topological polar surface area (TPSA) is 55.4 Å². The van der Waals surface area contributed by atoms with Gasteiger partial charge in [-0.05, 0) is 24.3 Å². The molecule has 0 spiro atoms. The number of ether oxygens (including phenoxy) is 1. The number of esters is 1. The number of carbonyl (C=O) groups is 2. The van der Waals surface area contributed by atoms with Crippen LogP contribution in [-0.4, -0.2) is 24.5 Å². The van der Waals surface area contributed by atoms with E-state index >= 15 is 0 Å². The molecule has 0 aliphatic heterocycles. The van der Waals surface area contributed by atoms with E-state index < -0.39 is 5.54 Å². The van der Waals surface area contributed by atoms with Crippen LogP contribution in [0.2, 0.25) is 0 Å². The highest BCUT2D eigenvalue weighted by Gasteiger charge is 2.43. The summed E-state index contributed by atoms with van der Waals surface area (Å²) in [6.07, 6.45) is 3.22. The van der Waals surface area contributed by atoms with E-state index in [0.29, 0.717) is 17.7 Å². The average Bonchev–Trinajstić information content (AvgIpc) is 2.99. The lowest BCUT2D eigenvalue weighted by molar-refractivity contribution is -0.148. The lowest BCUT2D eigenvalue weighted by Gasteiger charge is -2.26. The molecule has 0 aromatic carbocycles. The number of amides is 1. The Morgan fingerprint density at radius 3 is 2.65 bits per heavy atom. The molecule has 1 fully saturated rings. The molecule has 1 heterocycles. The van der Waals surface area contributed by atoms with Crippen LogP contribution in [0, 0.1) is 0 Å². The number of hydrogen-bond acceptors (Lipinski definition) is 4. The Balaban J connectivity index is 2.14. The van der Waals surface area contributed by atoms with E-state index in [2.05, 4.69) is 5.32 Å². The lowest BCUT2D eigenvalue weighted by Crippen LogP contribution is -2.53. The predicted octanol–water partition coefficient (Wildman–Crippen LogP) is 1.96. The second-order valence-corrected chi connectivity index (χ2v) is 5.16. The number of nitrogens with one attached hydrogen (secondary N) is 1. The van der Waals surface area contributed by atoms with Gasteiger partial charge in [-0.25, -0.2) is 4.79 Å². The molecule has 2 rings (SSSR count). The van der Waals surface area contributed by atoms with Gasteiger partial charge in [0.2, 0.25) is 0 Å². The van der Waals surface area contributed by atoms with Crippen molar-refractivity contribution < 1.29 is 14.3 Å². The smallest absolute Gasteiger partial charge is 0.331 e. The van der Waals surface area contributed by atoms with Crippen molar-refractivity contribution in [3.8, 4) is 0 Å². The van der Waals surface area contributed by atoms with Gasteiger partial charge in [-0.1, -0.05) is 18.9 Å². The number of carbonyl (C=O) groups excluding carboxylic acids is 2. The van der Waals surface area contributed by atoms with E-state index in [1.807, 2.05) is 11.4 Å². The van der Waals surface area contributed by atoms with Crippen LogP contribution in [0.15, 0.2) is 17.5 Å². The highest BCUT2D eigenvalue weighted by molar-refractivity contribution is 7.12. The first-order valence-corrected chi connectivity index (χ1v) is 6.50. The first-order chi connectivity index (χ1) is 8.18. The Kier molecular flexibility index (Phi) is 3.47. The zero-order valence-electron chi connectivity index (χ0n) is 9.69. The maximum Gasteiger partial charge on any atom is 0.331 e. The minimum atomic E-state index is -0.810. The van der Waals surface area contributed by atoms with Gasteiger partial charge in [-0.15, -0.1) is 11.3 Å². The standard InChI is InChI=1S/C12H15NO3S/c1-16-11(15)12(6-2-3-7-12)13-10(14)9-5-4-8-17-9/h4-5,8H,2-3,6-7H2,1H3,(H,13,14). The SMILES string of the molecule is COC(=O)C1(NC(=O)c2cccs2)CCCC1. The molecule has 1 saturated carbocycles. The largest absolute Gasteiger partial charge is 0.467 e. The summed E-state index contributed by atoms with van der Waals surface area (Å²) in [6.45, 7) is 0. The van der Waals surface area contributed by atoms with Crippen LogP contribution < -0.4 is 5.32 Å². The molecule has 1 aliphatic rings. The van der Waals surface area contributed by atoms with Crippen molar-refractivity contribution in [2.24, 2.45) is 0 Å². The highest BCUT2D eigenvalue weighted by Crippen LogP contribution is 2.31. The molecule has 17 heavy (non-hydrogen) atoms. The van der Waals surface area contributed by atoms with Crippen LogP contribution >= 0.6 is 11.3 Å². The molecule has 0 radical (unpaired) electrons. The van der Waals surface area contributed by atoms with E-state index in [-0.39, 0.29) is 11.9 Å². The van der Waals surface area contributed by atoms with Crippen molar-refractivity contribution in [3.63, 3.8) is 0 Å². The molecule has 5 heteroatoms. The van der Waals surface area contributed by atoms with Gasteiger partial charge < -0.3 is 10.1 Å². The second kappa shape index (κ2) is 4.87. The van der Waals surface area contributed by atoms with Gasteiger partial charge in [0.25, 0.3) is 5.91 Å². The zero-order chi connectivity index (χ0) is 12.3. The minimum absolute atomic E-state index is 0.188. The monoisotopic (exact) mass is 253 g/mol. The number of thiophene rings is 1. The van der Waals surface area contributed by atoms with Crippen molar-refractivity contribution in [2.75, 3.05) is 7.11 Å². The highest BCUT2D eigenvalue weighted by atomic mass is 32.1. The van der Waals surface area contributed by atoms with Crippen molar-refractivity contribution in [1.82, 2.24) is 5.32 Å². The van der Waals surface area contributed by atoms with Crippen LogP contribution in [0.5, 0.6) is 0 Å². The maximum absolute atomic E-state index is 12.0. The lowest BCUT2D eigenvalue weighted by atomic mass is 9.97.